The molecule has 8 nitrogen and oxygen atoms in total. The lowest BCUT2D eigenvalue weighted by atomic mass is 10.0. The van der Waals surface area contributed by atoms with Crippen LogP contribution in [0, 0.1) is 0 Å². The van der Waals surface area contributed by atoms with Gasteiger partial charge in [0.05, 0.1) is 25.4 Å². The predicted octanol–water partition coefficient (Wildman–Crippen LogP) is 9.50. The minimum Gasteiger partial charge on any atom is -0.391 e. The van der Waals surface area contributed by atoms with Crippen molar-refractivity contribution in [3.63, 3.8) is 0 Å². The summed E-state index contributed by atoms with van der Waals surface area (Å²) >= 11 is 0. The molecule has 0 saturated carbocycles. The van der Waals surface area contributed by atoms with Gasteiger partial charge in [-0.15, -0.1) is 0 Å². The molecule has 0 aromatic rings. The molecule has 0 aliphatic heterocycles. The number of aliphatic hydroxyl groups excluding tert-OH is 1. The Morgan fingerprint density at radius 1 is 0.659 bits per heavy atom. The van der Waals surface area contributed by atoms with Gasteiger partial charge in [0.25, 0.3) is 0 Å². The molecule has 44 heavy (non-hydrogen) atoms. The van der Waals surface area contributed by atoms with Crippen molar-refractivity contribution in [2.75, 3.05) is 19.8 Å². The van der Waals surface area contributed by atoms with E-state index in [0.717, 1.165) is 38.5 Å². The van der Waals surface area contributed by atoms with Crippen LogP contribution in [0.3, 0.4) is 0 Å². The summed E-state index contributed by atoms with van der Waals surface area (Å²) in [6.07, 6.45) is 31.0. The third-order valence-electron chi connectivity index (χ3n) is 8.46. The van der Waals surface area contributed by atoms with Crippen LogP contribution in [-0.2, 0) is 18.4 Å². The summed E-state index contributed by atoms with van der Waals surface area (Å²) in [6, 6.07) is -0.765. The first-order valence-corrected chi connectivity index (χ1v) is 20.1. The maximum absolute atomic E-state index is 12.7. The van der Waals surface area contributed by atoms with Gasteiger partial charge in [0.2, 0.25) is 5.91 Å². The van der Waals surface area contributed by atoms with Gasteiger partial charge in [-0.2, -0.15) is 0 Å². The van der Waals surface area contributed by atoms with E-state index >= 15 is 0 Å². The molecule has 0 rings (SSSR count). The summed E-state index contributed by atoms with van der Waals surface area (Å²) in [4.78, 5) is 22.6. The van der Waals surface area contributed by atoms with Crippen LogP contribution >= 0.6 is 7.82 Å². The lowest BCUT2D eigenvalue weighted by Crippen LogP contribution is -2.46. The normalized spacial score (nSPS) is 14.4. The minimum atomic E-state index is -4.30. The molecule has 0 fully saturated rings. The molecule has 0 heterocycles. The average Bonchev–Trinajstić information content (AvgIpc) is 3.01. The maximum atomic E-state index is 12.7. The summed E-state index contributed by atoms with van der Waals surface area (Å²) in [5.41, 5.74) is 5.35. The minimum absolute atomic E-state index is 0.0921. The highest BCUT2D eigenvalue weighted by Crippen LogP contribution is 2.43. The topological polar surface area (TPSA) is 131 Å². The molecule has 0 saturated heterocycles. The number of hydrogen-bond donors (Lipinski definition) is 4. The second-order valence-electron chi connectivity index (χ2n) is 12.8. The van der Waals surface area contributed by atoms with E-state index in [1.807, 2.05) is 0 Å². The Morgan fingerprint density at radius 2 is 1.05 bits per heavy atom. The Hall–Kier alpha value is -0.500. The molecular formula is C35H73N2O6P. The molecule has 0 aliphatic rings. The number of nitrogens with two attached hydrogens (primary N) is 1. The molecule has 0 aliphatic carbocycles. The van der Waals surface area contributed by atoms with Gasteiger partial charge in [0, 0.05) is 13.0 Å². The molecule has 0 aromatic carbocycles. The first-order valence-electron chi connectivity index (χ1n) is 18.7. The molecule has 9 heteroatoms. The molecular weight excluding hydrogens is 575 g/mol. The number of phosphoric acid groups is 1. The number of carbonyl (C=O) groups is 1. The maximum Gasteiger partial charge on any atom is 0.472 e. The van der Waals surface area contributed by atoms with Gasteiger partial charge >= 0.3 is 7.82 Å². The van der Waals surface area contributed by atoms with Gasteiger partial charge in [-0.05, 0) is 12.8 Å². The largest absolute Gasteiger partial charge is 0.472 e. The molecule has 3 unspecified atom stereocenters. The van der Waals surface area contributed by atoms with Crippen molar-refractivity contribution >= 4 is 13.7 Å². The second-order valence-corrected chi connectivity index (χ2v) is 14.3. The molecule has 0 spiro atoms. The van der Waals surface area contributed by atoms with E-state index in [9.17, 15) is 19.4 Å². The molecule has 1 amide bonds. The van der Waals surface area contributed by atoms with E-state index < -0.39 is 20.0 Å². The molecule has 0 bridgehead atoms. The number of amides is 1. The lowest BCUT2D eigenvalue weighted by Gasteiger charge is -2.25. The molecule has 3 atom stereocenters. The smallest absolute Gasteiger partial charge is 0.391 e. The molecule has 264 valence electrons. The predicted molar refractivity (Wildman–Crippen MR) is 185 cm³/mol. The van der Waals surface area contributed by atoms with Gasteiger partial charge in [-0.25, -0.2) is 4.57 Å². The fraction of sp³-hybridized carbons (Fsp3) is 0.971. The summed E-state index contributed by atoms with van der Waals surface area (Å²) in [6.45, 7) is 4.20. The first kappa shape index (κ1) is 43.5. The quantitative estimate of drug-likeness (QED) is 0.0398. The van der Waals surface area contributed by atoms with Crippen LogP contribution in [0.1, 0.15) is 187 Å². The number of aliphatic hydroxyl groups is 1. The Kier molecular flexibility index (Phi) is 32.1. The summed E-state index contributed by atoms with van der Waals surface area (Å²) in [5.74, 6) is -0.161. The van der Waals surface area contributed by atoms with Crippen LogP contribution in [0.25, 0.3) is 0 Å². The standard InChI is InChI=1S/C35H73N2O6P/c1-3-5-7-9-11-13-15-17-18-20-22-24-26-28-34(38)33(32-43-44(40,41)42-31-30-36)37-35(39)29-27-25-23-21-19-16-14-12-10-8-6-4-2/h33-34,38H,3-32,36H2,1-2H3,(H,37,39)(H,40,41). The zero-order valence-corrected chi connectivity index (χ0v) is 29.8. The van der Waals surface area contributed by atoms with E-state index in [1.54, 1.807) is 0 Å². The highest BCUT2D eigenvalue weighted by molar-refractivity contribution is 7.47. The number of phosphoric ester groups is 1. The van der Waals surface area contributed by atoms with Crippen LogP contribution < -0.4 is 11.1 Å². The molecule has 0 radical (unpaired) electrons. The summed E-state index contributed by atoms with van der Waals surface area (Å²) < 4.78 is 22.1. The fourth-order valence-corrected chi connectivity index (χ4v) is 6.37. The third-order valence-corrected chi connectivity index (χ3v) is 9.45. The van der Waals surface area contributed by atoms with E-state index in [0.29, 0.717) is 12.8 Å². The number of rotatable bonds is 35. The average molecular weight is 649 g/mol. The SMILES string of the molecule is CCCCCCCCCCCCCCCC(O)C(COP(=O)(O)OCCN)NC(=O)CCCCCCCCCCCCCC. The van der Waals surface area contributed by atoms with Crippen LogP contribution in [0.5, 0.6) is 0 Å². The fourth-order valence-electron chi connectivity index (χ4n) is 5.61. The number of nitrogens with one attached hydrogen (secondary N) is 1. The highest BCUT2D eigenvalue weighted by Gasteiger charge is 2.27. The number of unbranched alkanes of at least 4 members (excludes halogenated alkanes) is 23. The van der Waals surface area contributed by atoms with Crippen LogP contribution in [0.4, 0.5) is 0 Å². The van der Waals surface area contributed by atoms with E-state index in [-0.39, 0.29) is 25.7 Å². The van der Waals surface area contributed by atoms with Crippen molar-refractivity contribution in [2.24, 2.45) is 5.73 Å². The zero-order valence-electron chi connectivity index (χ0n) is 28.9. The van der Waals surface area contributed by atoms with Gasteiger partial charge in [0.1, 0.15) is 0 Å². The Morgan fingerprint density at radius 3 is 1.45 bits per heavy atom. The third kappa shape index (κ3) is 30.2. The van der Waals surface area contributed by atoms with Gasteiger partial charge < -0.3 is 21.1 Å². The second kappa shape index (κ2) is 32.4. The van der Waals surface area contributed by atoms with Crippen molar-refractivity contribution in [3.05, 3.63) is 0 Å². The highest BCUT2D eigenvalue weighted by atomic mass is 31.2. The van der Waals surface area contributed by atoms with Gasteiger partial charge in [-0.1, -0.05) is 168 Å². The van der Waals surface area contributed by atoms with Crippen molar-refractivity contribution in [1.82, 2.24) is 5.32 Å². The Balaban J connectivity index is 4.24. The van der Waals surface area contributed by atoms with Crippen molar-refractivity contribution in [2.45, 2.75) is 199 Å². The van der Waals surface area contributed by atoms with Crippen molar-refractivity contribution in [1.29, 1.82) is 0 Å². The Bertz CT molecular complexity index is 669. The number of carbonyl (C=O) groups excluding carboxylic acids is 1. The Labute approximate surface area is 272 Å². The molecule has 0 aromatic heterocycles. The summed E-state index contributed by atoms with van der Waals surface area (Å²) in [5, 5.41) is 13.7. The van der Waals surface area contributed by atoms with Crippen molar-refractivity contribution in [3.8, 4) is 0 Å². The monoisotopic (exact) mass is 649 g/mol. The first-order chi connectivity index (χ1) is 21.4. The van der Waals surface area contributed by atoms with Crippen molar-refractivity contribution < 1.29 is 28.4 Å². The number of hydrogen-bond acceptors (Lipinski definition) is 6. The van der Waals surface area contributed by atoms with E-state index in [4.69, 9.17) is 14.8 Å². The van der Waals surface area contributed by atoms with Crippen LogP contribution in [0.15, 0.2) is 0 Å². The van der Waals surface area contributed by atoms with Gasteiger partial charge in [0.15, 0.2) is 0 Å². The van der Waals surface area contributed by atoms with E-state index in [2.05, 4.69) is 19.2 Å². The zero-order chi connectivity index (χ0) is 32.6. The van der Waals surface area contributed by atoms with Gasteiger partial charge in [-0.3, -0.25) is 13.8 Å². The van der Waals surface area contributed by atoms with Crippen LogP contribution in [0.2, 0.25) is 0 Å². The van der Waals surface area contributed by atoms with E-state index in [1.165, 1.54) is 122 Å². The lowest BCUT2D eigenvalue weighted by molar-refractivity contribution is -0.123. The summed E-state index contributed by atoms with van der Waals surface area (Å²) in [7, 11) is -4.30. The molecule has 5 N–H and O–H groups in total. The van der Waals surface area contributed by atoms with Crippen LogP contribution in [-0.4, -0.2) is 47.8 Å².